The number of hydrogen-bond acceptors (Lipinski definition) is 5. The molecule has 0 aliphatic heterocycles. The van der Waals surface area contributed by atoms with Crippen LogP contribution in [0.4, 0.5) is 5.82 Å². The van der Waals surface area contributed by atoms with Crippen molar-refractivity contribution in [2.24, 2.45) is 0 Å². The molecule has 1 atom stereocenters. The monoisotopic (exact) mass is 393 g/mol. The van der Waals surface area contributed by atoms with E-state index in [2.05, 4.69) is 29.5 Å². The van der Waals surface area contributed by atoms with E-state index in [0.29, 0.717) is 5.69 Å². The highest BCUT2D eigenvalue weighted by molar-refractivity contribution is 5.96. The Morgan fingerprint density at radius 1 is 1.00 bits per heavy atom. The zero-order valence-corrected chi connectivity index (χ0v) is 17.7. The van der Waals surface area contributed by atoms with Crippen molar-refractivity contribution >= 4 is 11.7 Å². The summed E-state index contributed by atoms with van der Waals surface area (Å²) in [6.07, 6.45) is -0.711. The minimum Gasteiger partial charge on any atom is -0.481 e. The quantitative estimate of drug-likeness (QED) is 0.623. The molecule has 29 heavy (non-hydrogen) atoms. The number of amides is 1. The molecule has 6 nitrogen and oxygen atoms in total. The number of nitrogens with one attached hydrogen (secondary N) is 1. The highest BCUT2D eigenvalue weighted by atomic mass is 16.6. The minimum atomic E-state index is -0.711. The number of benzene rings is 2. The molecule has 152 valence electrons. The molecule has 0 radical (unpaired) electrons. The van der Waals surface area contributed by atoms with Crippen molar-refractivity contribution in [2.75, 3.05) is 5.32 Å². The normalized spacial score (nSPS) is 12.1. The van der Waals surface area contributed by atoms with Gasteiger partial charge in [-0.15, -0.1) is 0 Å². The molecule has 3 rings (SSSR count). The van der Waals surface area contributed by atoms with Crippen LogP contribution in [0.15, 0.2) is 41.0 Å². The maximum Gasteiger partial charge on any atom is 0.266 e. The third kappa shape index (κ3) is 4.65. The Hall–Kier alpha value is -3.15. The van der Waals surface area contributed by atoms with Gasteiger partial charge in [0.25, 0.3) is 5.91 Å². The Labute approximate surface area is 171 Å². The highest BCUT2D eigenvalue weighted by Gasteiger charge is 2.22. The van der Waals surface area contributed by atoms with E-state index in [9.17, 15) is 4.79 Å². The predicted molar refractivity (Wildman–Crippen MR) is 113 cm³/mol. The number of carbonyl (C=O) groups is 1. The molecule has 1 unspecified atom stereocenters. The van der Waals surface area contributed by atoms with E-state index < -0.39 is 6.10 Å². The second kappa shape index (κ2) is 8.47. The van der Waals surface area contributed by atoms with Gasteiger partial charge in [0, 0.05) is 5.56 Å². The van der Waals surface area contributed by atoms with E-state index in [1.807, 2.05) is 57.2 Å². The van der Waals surface area contributed by atoms with Crippen molar-refractivity contribution in [3.63, 3.8) is 0 Å². The van der Waals surface area contributed by atoms with Gasteiger partial charge >= 0.3 is 0 Å². The highest BCUT2D eigenvalue weighted by Crippen LogP contribution is 2.30. The molecule has 0 fully saturated rings. The average molecular weight is 393 g/mol. The number of ether oxygens (including phenoxy) is 1. The Bertz CT molecular complexity index is 1020. The summed E-state index contributed by atoms with van der Waals surface area (Å²) in [4.78, 5) is 12.8. The molecule has 0 spiro atoms. The Kier molecular flexibility index (Phi) is 6.01. The molecule has 6 heteroatoms. The number of aromatic nitrogens is 2. The van der Waals surface area contributed by atoms with Gasteiger partial charge in [0.2, 0.25) is 5.82 Å². The van der Waals surface area contributed by atoms with E-state index in [1.165, 1.54) is 0 Å². The van der Waals surface area contributed by atoms with Crippen molar-refractivity contribution in [3.8, 4) is 17.0 Å². The molecule has 1 heterocycles. The van der Waals surface area contributed by atoms with Gasteiger partial charge in [0.15, 0.2) is 11.8 Å². The van der Waals surface area contributed by atoms with Gasteiger partial charge in [-0.1, -0.05) is 43.7 Å². The lowest BCUT2D eigenvalue weighted by Gasteiger charge is -2.19. The first-order valence-corrected chi connectivity index (χ1v) is 9.74. The molecular weight excluding hydrogens is 366 g/mol. The molecule has 0 aliphatic carbocycles. The van der Waals surface area contributed by atoms with Crippen LogP contribution in [0, 0.1) is 20.8 Å². The number of aryl methyl sites for hydroxylation is 3. The smallest absolute Gasteiger partial charge is 0.266 e. The van der Waals surface area contributed by atoms with Crippen LogP contribution in [0.5, 0.6) is 5.75 Å². The maximum absolute atomic E-state index is 12.8. The Balaban J connectivity index is 1.79. The summed E-state index contributed by atoms with van der Waals surface area (Å²) in [5, 5.41) is 10.7. The third-order valence-electron chi connectivity index (χ3n) is 4.84. The van der Waals surface area contributed by atoms with Crippen molar-refractivity contribution in [1.29, 1.82) is 0 Å². The molecule has 0 aliphatic rings. The molecule has 1 N–H and O–H groups in total. The summed E-state index contributed by atoms with van der Waals surface area (Å²) in [5.74, 6) is 0.975. The second-order valence-corrected chi connectivity index (χ2v) is 7.73. The number of anilines is 1. The van der Waals surface area contributed by atoms with E-state index in [4.69, 9.17) is 9.37 Å². The Morgan fingerprint density at radius 3 is 2.41 bits per heavy atom. The molecule has 2 aromatic carbocycles. The SMILES string of the molecule is Cc1ccc(C(C)C)c(OC(C)C(=O)Nc2nonc2-c2cc(C)ccc2C)c1. The van der Waals surface area contributed by atoms with Crippen LogP contribution in [0.3, 0.4) is 0 Å². The van der Waals surface area contributed by atoms with Crippen LogP contribution >= 0.6 is 0 Å². The van der Waals surface area contributed by atoms with Crippen LogP contribution in [-0.4, -0.2) is 22.3 Å². The van der Waals surface area contributed by atoms with Crippen molar-refractivity contribution < 1.29 is 14.2 Å². The maximum atomic E-state index is 12.8. The van der Waals surface area contributed by atoms with Crippen molar-refractivity contribution in [3.05, 3.63) is 58.7 Å². The van der Waals surface area contributed by atoms with Crippen LogP contribution < -0.4 is 10.1 Å². The van der Waals surface area contributed by atoms with Gasteiger partial charge in [-0.2, -0.15) is 0 Å². The fourth-order valence-electron chi connectivity index (χ4n) is 3.12. The van der Waals surface area contributed by atoms with Crippen LogP contribution in [-0.2, 0) is 4.79 Å². The summed E-state index contributed by atoms with van der Waals surface area (Å²) < 4.78 is 10.9. The number of carbonyl (C=O) groups excluding carboxylic acids is 1. The predicted octanol–water partition coefficient (Wildman–Crippen LogP) is 5.19. The second-order valence-electron chi connectivity index (χ2n) is 7.73. The zero-order chi connectivity index (χ0) is 21.1. The summed E-state index contributed by atoms with van der Waals surface area (Å²) in [5.41, 5.74) is 5.63. The van der Waals surface area contributed by atoms with Crippen LogP contribution in [0.2, 0.25) is 0 Å². The molecule has 3 aromatic rings. The van der Waals surface area contributed by atoms with Crippen LogP contribution in [0.25, 0.3) is 11.3 Å². The van der Waals surface area contributed by atoms with E-state index in [-0.39, 0.29) is 17.6 Å². The summed E-state index contributed by atoms with van der Waals surface area (Å²) >= 11 is 0. The lowest BCUT2D eigenvalue weighted by atomic mass is 10.0. The number of rotatable bonds is 6. The lowest BCUT2D eigenvalue weighted by molar-refractivity contribution is -0.122. The van der Waals surface area contributed by atoms with E-state index in [0.717, 1.165) is 33.6 Å². The zero-order valence-electron chi connectivity index (χ0n) is 17.7. The van der Waals surface area contributed by atoms with Gasteiger partial charge in [-0.25, -0.2) is 4.63 Å². The average Bonchev–Trinajstić information content (AvgIpc) is 3.11. The number of nitrogens with zero attached hydrogens (tertiary/aromatic N) is 2. The van der Waals surface area contributed by atoms with Crippen LogP contribution in [0.1, 0.15) is 48.9 Å². The van der Waals surface area contributed by atoms with Gasteiger partial charge in [0.1, 0.15) is 5.75 Å². The number of hydrogen-bond donors (Lipinski definition) is 1. The summed E-state index contributed by atoms with van der Waals surface area (Å²) in [6.45, 7) is 11.9. The molecule has 1 amide bonds. The van der Waals surface area contributed by atoms with E-state index in [1.54, 1.807) is 6.92 Å². The van der Waals surface area contributed by atoms with Gasteiger partial charge < -0.3 is 10.1 Å². The molecule has 0 bridgehead atoms. The Morgan fingerprint density at radius 2 is 1.69 bits per heavy atom. The van der Waals surface area contributed by atoms with Gasteiger partial charge in [0.05, 0.1) is 0 Å². The first-order valence-electron chi connectivity index (χ1n) is 9.74. The summed E-state index contributed by atoms with van der Waals surface area (Å²) in [7, 11) is 0. The van der Waals surface area contributed by atoms with Gasteiger partial charge in [-0.05, 0) is 72.7 Å². The fourth-order valence-corrected chi connectivity index (χ4v) is 3.12. The molecule has 0 saturated heterocycles. The topological polar surface area (TPSA) is 77.2 Å². The van der Waals surface area contributed by atoms with Gasteiger partial charge in [-0.3, -0.25) is 4.79 Å². The molecule has 1 aromatic heterocycles. The first kappa shape index (κ1) is 20.6. The van der Waals surface area contributed by atoms with E-state index >= 15 is 0 Å². The fraction of sp³-hybridized carbons (Fsp3) is 0.348. The lowest BCUT2D eigenvalue weighted by Crippen LogP contribution is -2.30. The minimum absolute atomic E-state index is 0.285. The van der Waals surface area contributed by atoms with Crippen molar-refractivity contribution in [1.82, 2.24) is 10.3 Å². The van der Waals surface area contributed by atoms with Crippen molar-refractivity contribution in [2.45, 2.75) is 53.6 Å². The largest absolute Gasteiger partial charge is 0.481 e. The summed E-state index contributed by atoms with van der Waals surface area (Å²) in [6, 6.07) is 12.1. The standard InChI is InChI=1S/C23H27N3O3/c1-13(2)18-10-8-15(4)12-20(18)28-17(6)23(27)24-22-21(25-29-26-22)19-11-14(3)7-9-16(19)5/h7-13,17H,1-6H3,(H,24,26,27). The molecule has 0 saturated carbocycles. The molecular formula is C23H27N3O3. The third-order valence-corrected chi connectivity index (χ3v) is 4.84. The first-order chi connectivity index (χ1) is 13.8.